The van der Waals surface area contributed by atoms with Crippen LogP contribution in [0.15, 0.2) is 70.9 Å². The fourth-order valence-corrected chi connectivity index (χ4v) is 3.60. The summed E-state index contributed by atoms with van der Waals surface area (Å²) in [5.74, 6) is -1.21. The van der Waals surface area contributed by atoms with Gasteiger partial charge in [-0.15, -0.1) is 10.2 Å². The first-order chi connectivity index (χ1) is 15.8. The Hall–Kier alpha value is -4.39. The molecule has 4 rings (SSSR count). The highest BCUT2D eigenvalue weighted by Gasteiger charge is 2.17. The minimum absolute atomic E-state index is 0.0238. The number of aromatic amines is 1. The molecular formula is C26H23N3O4. The Morgan fingerprint density at radius 1 is 0.818 bits per heavy atom. The van der Waals surface area contributed by atoms with Crippen molar-refractivity contribution in [3.63, 3.8) is 0 Å². The van der Waals surface area contributed by atoms with Crippen LogP contribution in [0.25, 0.3) is 22.4 Å². The molecule has 4 N–H and O–H groups in total. The zero-order valence-electron chi connectivity index (χ0n) is 18.4. The number of phenolic OH excluding ortho intramolecular Hbond substituents is 1. The molecule has 1 aromatic heterocycles. The molecule has 0 saturated heterocycles. The van der Waals surface area contributed by atoms with Gasteiger partial charge in [-0.3, -0.25) is 0 Å². The number of aromatic carboxylic acids is 1. The van der Waals surface area contributed by atoms with Crippen molar-refractivity contribution in [1.29, 1.82) is 0 Å². The number of carboxylic acid groups (broad SMARTS) is 1. The molecule has 0 aliphatic rings. The number of rotatable bonds is 5. The number of nitrogens with one attached hydrogen (secondary N) is 1. The van der Waals surface area contributed by atoms with Gasteiger partial charge in [0.1, 0.15) is 11.4 Å². The van der Waals surface area contributed by atoms with Crippen molar-refractivity contribution in [3.05, 3.63) is 83.0 Å². The Kier molecular flexibility index (Phi) is 5.70. The summed E-state index contributed by atoms with van der Waals surface area (Å²) < 4.78 is 0. The molecule has 7 heteroatoms. The molecule has 33 heavy (non-hydrogen) atoms. The quantitative estimate of drug-likeness (QED) is 0.255. The van der Waals surface area contributed by atoms with Crippen LogP contribution in [0.2, 0.25) is 0 Å². The number of aromatic hydroxyl groups is 2. The maximum atomic E-state index is 11.3. The van der Waals surface area contributed by atoms with Gasteiger partial charge in [0.15, 0.2) is 11.5 Å². The number of carboxylic acids is 1. The molecule has 0 spiro atoms. The summed E-state index contributed by atoms with van der Waals surface area (Å²) in [6.45, 7) is 5.82. The Morgan fingerprint density at radius 3 is 2.30 bits per heavy atom. The third-order valence-corrected chi connectivity index (χ3v) is 5.62. The van der Waals surface area contributed by atoms with Crippen LogP contribution >= 0.6 is 0 Å². The zero-order valence-corrected chi connectivity index (χ0v) is 18.4. The van der Waals surface area contributed by atoms with E-state index in [9.17, 15) is 20.1 Å². The summed E-state index contributed by atoms with van der Waals surface area (Å²) in [5, 5.41) is 39.1. The predicted octanol–water partition coefficient (Wildman–Crippen LogP) is 6.80. The van der Waals surface area contributed by atoms with E-state index in [4.69, 9.17) is 0 Å². The van der Waals surface area contributed by atoms with Crippen LogP contribution in [-0.4, -0.2) is 26.3 Å². The van der Waals surface area contributed by atoms with Gasteiger partial charge >= 0.3 is 5.97 Å². The molecule has 4 aromatic rings. The largest absolute Gasteiger partial charge is 0.505 e. The smallest absolute Gasteiger partial charge is 0.335 e. The molecule has 0 bridgehead atoms. The van der Waals surface area contributed by atoms with E-state index >= 15 is 0 Å². The molecule has 0 radical (unpaired) electrons. The zero-order chi connectivity index (χ0) is 23.7. The molecule has 0 fully saturated rings. The van der Waals surface area contributed by atoms with E-state index in [1.807, 2.05) is 32.0 Å². The number of carbonyl (C=O) groups is 1. The molecule has 0 aliphatic carbocycles. The van der Waals surface area contributed by atoms with Gasteiger partial charge in [-0.05, 0) is 61.7 Å². The highest BCUT2D eigenvalue weighted by atomic mass is 16.4. The monoisotopic (exact) mass is 441 g/mol. The standard InChI is InChI=1S/C26H23N3O4/c1-14-10-11-18(12-15(14)2)23-25(31)22(16(3)27-23)29-28-21-9-5-8-20(24(21)30)17-6-4-7-19(13-17)26(32)33/h4-13,27,30-31H,1-3H3,(H,32,33). The number of phenols is 1. The summed E-state index contributed by atoms with van der Waals surface area (Å²) in [6, 6.07) is 17.1. The van der Waals surface area contributed by atoms with E-state index in [2.05, 4.69) is 15.2 Å². The molecule has 0 saturated carbocycles. The van der Waals surface area contributed by atoms with Crippen LogP contribution < -0.4 is 0 Å². The van der Waals surface area contributed by atoms with Crippen molar-refractivity contribution in [2.24, 2.45) is 10.2 Å². The van der Waals surface area contributed by atoms with E-state index in [-0.39, 0.29) is 28.4 Å². The van der Waals surface area contributed by atoms with Crippen molar-refractivity contribution < 1.29 is 20.1 Å². The average Bonchev–Trinajstić information content (AvgIpc) is 3.08. The van der Waals surface area contributed by atoms with Crippen LogP contribution in [0.1, 0.15) is 27.2 Å². The molecule has 0 atom stereocenters. The minimum atomic E-state index is -1.05. The fourth-order valence-electron chi connectivity index (χ4n) is 3.60. The summed E-state index contributed by atoms with van der Waals surface area (Å²) in [5.41, 5.74) is 5.85. The van der Waals surface area contributed by atoms with Crippen molar-refractivity contribution in [3.8, 4) is 33.9 Å². The number of azo groups is 1. The highest BCUT2D eigenvalue weighted by molar-refractivity contribution is 5.90. The van der Waals surface area contributed by atoms with Crippen LogP contribution in [0.5, 0.6) is 11.5 Å². The van der Waals surface area contributed by atoms with Crippen LogP contribution in [0.4, 0.5) is 11.4 Å². The first-order valence-corrected chi connectivity index (χ1v) is 10.3. The third kappa shape index (κ3) is 4.21. The topological polar surface area (TPSA) is 118 Å². The Labute approximate surface area is 190 Å². The van der Waals surface area contributed by atoms with Gasteiger partial charge in [0.25, 0.3) is 0 Å². The maximum absolute atomic E-state index is 11.3. The molecule has 0 aliphatic heterocycles. The first kappa shape index (κ1) is 21.8. The number of hydrogen-bond acceptors (Lipinski definition) is 5. The third-order valence-electron chi connectivity index (χ3n) is 5.62. The number of para-hydroxylation sites is 1. The molecule has 0 amide bonds. The lowest BCUT2D eigenvalue weighted by atomic mass is 10.0. The van der Waals surface area contributed by atoms with E-state index in [1.54, 1.807) is 37.3 Å². The van der Waals surface area contributed by atoms with E-state index < -0.39 is 5.97 Å². The van der Waals surface area contributed by atoms with Crippen molar-refractivity contribution in [2.75, 3.05) is 0 Å². The number of nitrogens with zero attached hydrogens (tertiary/aromatic N) is 2. The minimum Gasteiger partial charge on any atom is -0.505 e. The average molecular weight is 441 g/mol. The first-order valence-electron chi connectivity index (χ1n) is 10.3. The lowest BCUT2D eigenvalue weighted by molar-refractivity contribution is 0.0697. The second-order valence-corrected chi connectivity index (χ2v) is 7.88. The van der Waals surface area contributed by atoms with Gasteiger partial charge in [0, 0.05) is 16.8 Å². The van der Waals surface area contributed by atoms with Crippen LogP contribution in [0.3, 0.4) is 0 Å². The fraction of sp³-hybridized carbons (Fsp3) is 0.115. The normalized spacial score (nSPS) is 11.2. The number of benzene rings is 3. The van der Waals surface area contributed by atoms with E-state index in [0.29, 0.717) is 22.5 Å². The second-order valence-electron chi connectivity index (χ2n) is 7.88. The van der Waals surface area contributed by atoms with E-state index in [0.717, 1.165) is 16.7 Å². The maximum Gasteiger partial charge on any atom is 0.335 e. The van der Waals surface area contributed by atoms with Gasteiger partial charge in [0.05, 0.1) is 11.3 Å². The Balaban J connectivity index is 1.70. The van der Waals surface area contributed by atoms with Gasteiger partial charge in [-0.25, -0.2) is 4.79 Å². The second kappa shape index (κ2) is 8.63. The van der Waals surface area contributed by atoms with Crippen molar-refractivity contribution >= 4 is 17.3 Å². The summed E-state index contributed by atoms with van der Waals surface area (Å²) in [7, 11) is 0. The lowest BCUT2D eigenvalue weighted by Crippen LogP contribution is -1.95. The number of H-pyrrole nitrogens is 1. The van der Waals surface area contributed by atoms with Gasteiger partial charge in [-0.1, -0.05) is 36.4 Å². The molecule has 166 valence electrons. The Morgan fingerprint density at radius 2 is 1.58 bits per heavy atom. The van der Waals surface area contributed by atoms with Gasteiger partial charge < -0.3 is 20.3 Å². The SMILES string of the molecule is Cc1ccc(-c2[nH]c(C)c(N=Nc3cccc(-c4cccc(C(=O)O)c4)c3O)c2O)cc1C. The summed E-state index contributed by atoms with van der Waals surface area (Å²) in [4.78, 5) is 14.4. The predicted molar refractivity (Wildman–Crippen MR) is 127 cm³/mol. The molecular weight excluding hydrogens is 418 g/mol. The lowest BCUT2D eigenvalue weighted by Gasteiger charge is -2.07. The number of aromatic nitrogens is 1. The van der Waals surface area contributed by atoms with E-state index in [1.165, 1.54) is 12.1 Å². The molecule has 7 nitrogen and oxygen atoms in total. The summed E-state index contributed by atoms with van der Waals surface area (Å²) >= 11 is 0. The van der Waals surface area contributed by atoms with Crippen molar-refractivity contribution in [2.45, 2.75) is 20.8 Å². The Bertz CT molecular complexity index is 1400. The van der Waals surface area contributed by atoms with Gasteiger partial charge in [0.2, 0.25) is 0 Å². The highest BCUT2D eigenvalue weighted by Crippen LogP contribution is 2.43. The number of aryl methyl sites for hydroxylation is 3. The van der Waals surface area contributed by atoms with Crippen LogP contribution in [0, 0.1) is 20.8 Å². The summed E-state index contributed by atoms with van der Waals surface area (Å²) in [6.07, 6.45) is 0. The molecule has 0 unspecified atom stereocenters. The van der Waals surface area contributed by atoms with Crippen LogP contribution in [-0.2, 0) is 0 Å². The van der Waals surface area contributed by atoms with Gasteiger partial charge in [-0.2, -0.15) is 0 Å². The molecule has 3 aromatic carbocycles. The molecule has 1 heterocycles. The van der Waals surface area contributed by atoms with Crippen molar-refractivity contribution in [1.82, 2.24) is 4.98 Å². The number of hydrogen-bond donors (Lipinski definition) is 4.